The van der Waals surface area contributed by atoms with Crippen molar-refractivity contribution >= 4 is 18.7 Å². The van der Waals surface area contributed by atoms with E-state index in [4.69, 9.17) is 14.0 Å². The lowest BCUT2D eigenvalue weighted by molar-refractivity contribution is -0.0927. The van der Waals surface area contributed by atoms with Crippen molar-refractivity contribution in [2.75, 3.05) is 13.1 Å². The highest BCUT2D eigenvalue weighted by atomic mass is 16.7. The van der Waals surface area contributed by atoms with Crippen LogP contribution in [0.3, 0.4) is 0 Å². The van der Waals surface area contributed by atoms with Gasteiger partial charge in [-0.1, -0.05) is 20.3 Å². The Morgan fingerprint density at radius 3 is 2.16 bits per heavy atom. The molecule has 1 aromatic rings. The number of rotatable bonds is 2. The molecule has 1 spiro atoms. The summed E-state index contributed by atoms with van der Waals surface area (Å²) in [5.74, 6) is 0. The molecule has 174 valence electrons. The second kappa shape index (κ2) is 8.11. The zero-order valence-corrected chi connectivity index (χ0v) is 20.8. The van der Waals surface area contributed by atoms with Crippen LogP contribution in [0.2, 0.25) is 0 Å². The van der Waals surface area contributed by atoms with Gasteiger partial charge in [-0.05, 0) is 61.3 Å². The van der Waals surface area contributed by atoms with Gasteiger partial charge >= 0.3 is 13.2 Å². The Hall–Kier alpha value is -1.54. The standard InChI is InChI=1S/C20H32BN3O4.C3H8/c1-17(2,3)26-16(25)23-12-20(13-23)8-15(9-20)24-11-14(10-22-24)21-27-18(4,5)19(6,7)28-21;1-3-2/h10-11,15H,8-9,12-13H2,1-7H3;3H2,1-2H3. The topological polar surface area (TPSA) is 65.8 Å². The molecule has 7 nitrogen and oxygen atoms in total. The summed E-state index contributed by atoms with van der Waals surface area (Å²) >= 11 is 0. The average Bonchev–Trinajstić information content (AvgIpc) is 3.07. The summed E-state index contributed by atoms with van der Waals surface area (Å²) in [6.07, 6.45) is 7.02. The molecule has 3 aliphatic rings. The van der Waals surface area contributed by atoms with E-state index in [1.165, 1.54) is 6.42 Å². The summed E-state index contributed by atoms with van der Waals surface area (Å²) in [7, 11) is -0.376. The number of carbonyl (C=O) groups is 1. The van der Waals surface area contributed by atoms with Gasteiger partial charge in [-0.25, -0.2) is 4.79 Å². The molecule has 4 rings (SSSR count). The normalized spacial score (nSPS) is 23.6. The summed E-state index contributed by atoms with van der Waals surface area (Å²) in [6, 6.07) is 0.372. The predicted octanol–water partition coefficient (Wildman–Crippen LogP) is 4.17. The van der Waals surface area contributed by atoms with Crippen LogP contribution in [0.15, 0.2) is 12.4 Å². The highest BCUT2D eigenvalue weighted by Crippen LogP contribution is 2.54. The van der Waals surface area contributed by atoms with Gasteiger partial charge in [0.25, 0.3) is 0 Å². The highest BCUT2D eigenvalue weighted by Gasteiger charge is 2.56. The van der Waals surface area contributed by atoms with Crippen LogP contribution in [0.25, 0.3) is 0 Å². The lowest BCUT2D eigenvalue weighted by Gasteiger charge is -2.58. The Morgan fingerprint density at radius 2 is 1.68 bits per heavy atom. The molecule has 1 amide bonds. The molecule has 31 heavy (non-hydrogen) atoms. The van der Waals surface area contributed by atoms with E-state index in [9.17, 15) is 4.79 Å². The minimum Gasteiger partial charge on any atom is -0.444 e. The minimum atomic E-state index is -0.443. The minimum absolute atomic E-state index is 0.205. The van der Waals surface area contributed by atoms with Gasteiger partial charge in [0.1, 0.15) is 5.60 Å². The van der Waals surface area contributed by atoms with Crippen LogP contribution in [0, 0.1) is 5.41 Å². The maximum Gasteiger partial charge on any atom is 0.498 e. The maximum absolute atomic E-state index is 12.1. The van der Waals surface area contributed by atoms with Crippen molar-refractivity contribution in [3.8, 4) is 0 Å². The van der Waals surface area contributed by atoms with E-state index in [1.54, 1.807) is 4.90 Å². The molecule has 8 heteroatoms. The zero-order valence-electron chi connectivity index (χ0n) is 20.8. The summed E-state index contributed by atoms with van der Waals surface area (Å²) in [5, 5.41) is 4.56. The fourth-order valence-corrected chi connectivity index (χ4v) is 4.26. The van der Waals surface area contributed by atoms with E-state index in [2.05, 4.69) is 46.6 Å². The van der Waals surface area contributed by atoms with E-state index < -0.39 is 5.60 Å². The van der Waals surface area contributed by atoms with Gasteiger partial charge < -0.3 is 18.9 Å². The van der Waals surface area contributed by atoms with E-state index in [-0.39, 0.29) is 29.8 Å². The number of nitrogens with zero attached hydrogens (tertiary/aromatic N) is 3. The van der Waals surface area contributed by atoms with Gasteiger partial charge in [0.2, 0.25) is 0 Å². The van der Waals surface area contributed by atoms with Gasteiger partial charge in [0.15, 0.2) is 0 Å². The van der Waals surface area contributed by atoms with E-state index in [1.807, 2.05) is 37.8 Å². The summed E-state index contributed by atoms with van der Waals surface area (Å²) in [6.45, 7) is 19.7. The predicted molar refractivity (Wildman–Crippen MR) is 122 cm³/mol. The molecule has 1 saturated carbocycles. The molecular formula is C23H40BN3O4. The van der Waals surface area contributed by atoms with Gasteiger partial charge in [0, 0.05) is 36.4 Å². The molecule has 0 unspecified atom stereocenters. The molecular weight excluding hydrogens is 393 g/mol. The average molecular weight is 433 g/mol. The van der Waals surface area contributed by atoms with Gasteiger partial charge in [0.05, 0.1) is 17.2 Å². The molecule has 3 fully saturated rings. The Morgan fingerprint density at radius 1 is 1.16 bits per heavy atom. The number of amides is 1. The van der Waals surface area contributed by atoms with Crippen molar-refractivity contribution in [1.29, 1.82) is 0 Å². The molecule has 0 radical (unpaired) electrons. The van der Waals surface area contributed by atoms with Crippen LogP contribution in [-0.4, -0.2) is 57.8 Å². The van der Waals surface area contributed by atoms with Crippen molar-refractivity contribution in [2.24, 2.45) is 5.41 Å². The summed E-state index contributed by atoms with van der Waals surface area (Å²) < 4.78 is 19.7. The SMILES string of the molecule is CC(C)(C)OC(=O)N1CC2(CC(n3cc(B4OC(C)(C)C(C)(C)O4)cn3)C2)C1.CCC. The van der Waals surface area contributed by atoms with Crippen molar-refractivity contribution in [3.05, 3.63) is 12.4 Å². The van der Waals surface area contributed by atoms with Crippen LogP contribution < -0.4 is 5.46 Å². The smallest absolute Gasteiger partial charge is 0.444 e. The maximum atomic E-state index is 12.1. The molecule has 0 N–H and O–H groups in total. The first kappa shape index (κ1) is 24.1. The number of ether oxygens (including phenoxy) is 1. The third kappa shape index (κ3) is 4.95. The molecule has 0 bridgehead atoms. The Bertz CT molecular complexity index is 769. The Balaban J connectivity index is 0.000000858. The molecule has 1 aliphatic carbocycles. The number of hydrogen-bond donors (Lipinski definition) is 0. The fraction of sp³-hybridized carbons (Fsp3) is 0.826. The van der Waals surface area contributed by atoms with E-state index >= 15 is 0 Å². The molecule has 1 aromatic heterocycles. The first-order valence-electron chi connectivity index (χ1n) is 11.6. The van der Waals surface area contributed by atoms with Crippen molar-refractivity contribution in [1.82, 2.24) is 14.7 Å². The second-order valence-electron chi connectivity index (χ2n) is 11.4. The zero-order chi connectivity index (χ0) is 23.2. The van der Waals surface area contributed by atoms with Gasteiger partial charge in [-0.15, -0.1) is 0 Å². The molecule has 2 aliphatic heterocycles. The largest absolute Gasteiger partial charge is 0.498 e. The van der Waals surface area contributed by atoms with Crippen LogP contribution in [-0.2, 0) is 14.0 Å². The summed E-state index contributed by atoms with van der Waals surface area (Å²) in [4.78, 5) is 13.9. The Kier molecular flexibility index (Phi) is 6.31. The molecule has 0 aromatic carbocycles. The van der Waals surface area contributed by atoms with Gasteiger partial charge in [-0.2, -0.15) is 5.10 Å². The third-order valence-electron chi connectivity index (χ3n) is 6.56. The molecule has 0 atom stereocenters. The van der Waals surface area contributed by atoms with E-state index in [0.717, 1.165) is 31.4 Å². The number of likely N-dealkylation sites (tertiary alicyclic amines) is 1. The lowest BCUT2D eigenvalue weighted by Crippen LogP contribution is -2.64. The van der Waals surface area contributed by atoms with Crippen LogP contribution in [0.1, 0.15) is 87.6 Å². The monoisotopic (exact) mass is 433 g/mol. The van der Waals surface area contributed by atoms with Crippen LogP contribution in [0.5, 0.6) is 0 Å². The number of aromatic nitrogens is 2. The lowest BCUT2D eigenvalue weighted by atomic mass is 9.61. The van der Waals surface area contributed by atoms with Crippen molar-refractivity contribution in [3.63, 3.8) is 0 Å². The first-order chi connectivity index (χ1) is 14.2. The van der Waals surface area contributed by atoms with E-state index in [0.29, 0.717) is 6.04 Å². The van der Waals surface area contributed by atoms with Crippen molar-refractivity contribution in [2.45, 2.75) is 104 Å². The quantitative estimate of drug-likeness (QED) is 0.655. The molecule has 3 heterocycles. The highest BCUT2D eigenvalue weighted by molar-refractivity contribution is 6.62. The van der Waals surface area contributed by atoms with Crippen LogP contribution >= 0.6 is 0 Å². The number of hydrogen-bond acceptors (Lipinski definition) is 5. The van der Waals surface area contributed by atoms with Crippen LogP contribution in [0.4, 0.5) is 4.79 Å². The molecule has 2 saturated heterocycles. The third-order valence-corrected chi connectivity index (χ3v) is 6.56. The van der Waals surface area contributed by atoms with Gasteiger partial charge in [-0.3, -0.25) is 4.68 Å². The Labute approximate surface area is 187 Å². The van der Waals surface area contributed by atoms with Crippen molar-refractivity contribution < 1.29 is 18.8 Å². The number of carbonyl (C=O) groups excluding carboxylic acids is 1. The first-order valence-corrected chi connectivity index (χ1v) is 11.6. The fourth-order valence-electron chi connectivity index (χ4n) is 4.26. The second-order valence-corrected chi connectivity index (χ2v) is 11.4. The summed E-state index contributed by atoms with van der Waals surface area (Å²) in [5.41, 5.74) is 0.0526.